The molecule has 0 rings (SSSR count). The minimum absolute atomic E-state index is 0.00162. The van der Waals surface area contributed by atoms with E-state index in [1.807, 2.05) is 0 Å². The van der Waals surface area contributed by atoms with Crippen molar-refractivity contribution in [2.75, 3.05) is 33.0 Å². The Bertz CT molecular complexity index is 1530. The number of unbranched alkanes of at least 4 members (excludes halogenated alkanes) is 44. The molecule has 2 amide bonds. The Balaban J connectivity index is 0. The number of carbonyl (C=O) groups is 5. The van der Waals surface area contributed by atoms with Crippen LogP contribution in [-0.2, 0) is 42.9 Å². The van der Waals surface area contributed by atoms with Crippen molar-refractivity contribution in [1.29, 1.82) is 0 Å². The molecular formula is C80H156N2O10. The number of hydrogen-bond donors (Lipinski definition) is 3. The summed E-state index contributed by atoms with van der Waals surface area (Å²) in [7, 11) is 0. The van der Waals surface area contributed by atoms with E-state index in [1.165, 1.54) is 250 Å². The third-order valence-corrected chi connectivity index (χ3v) is 18.2. The summed E-state index contributed by atoms with van der Waals surface area (Å²) in [6.07, 6.45) is 68.2. The van der Waals surface area contributed by atoms with Gasteiger partial charge in [0.25, 0.3) is 0 Å². The Hall–Kier alpha value is -2.57. The molecule has 0 aliphatic heterocycles. The number of aliphatic hydroxyl groups excluding tert-OH is 1. The average Bonchev–Trinajstić information content (AvgIpc) is 3.56. The van der Waals surface area contributed by atoms with Crippen molar-refractivity contribution in [3.8, 4) is 0 Å². The predicted octanol–water partition coefficient (Wildman–Crippen LogP) is 22.5. The molecule has 0 radical (unpaired) electrons. The molecule has 12 nitrogen and oxygen atoms in total. The first-order valence-electron chi connectivity index (χ1n) is 40.3. The summed E-state index contributed by atoms with van der Waals surface area (Å²) in [6, 6.07) is -0.494. The molecule has 12 heteroatoms. The van der Waals surface area contributed by atoms with Gasteiger partial charge in [-0.15, -0.1) is 0 Å². The molecule has 92 heavy (non-hydrogen) atoms. The molecule has 0 aromatic carbocycles. The highest BCUT2D eigenvalue weighted by molar-refractivity contribution is 5.77. The van der Waals surface area contributed by atoms with Crippen molar-refractivity contribution >= 4 is 30.0 Å². The first kappa shape index (κ1) is 91.5. The number of rotatable bonds is 74. The fourth-order valence-electron chi connectivity index (χ4n) is 12.1. The second kappa shape index (κ2) is 77.4. The van der Waals surface area contributed by atoms with Gasteiger partial charge in [0, 0.05) is 51.6 Å². The molecule has 0 aromatic heterocycles. The smallest absolute Gasteiger partial charge is 0.306 e. The number of esters is 2. The van der Waals surface area contributed by atoms with Crippen molar-refractivity contribution < 1.29 is 48.0 Å². The lowest BCUT2D eigenvalue weighted by molar-refractivity contribution is -0.151. The minimum Gasteiger partial charge on any atom is -0.462 e. The van der Waals surface area contributed by atoms with Crippen LogP contribution < -0.4 is 10.6 Å². The van der Waals surface area contributed by atoms with E-state index in [1.54, 1.807) is 0 Å². The van der Waals surface area contributed by atoms with Gasteiger partial charge in [0.05, 0.1) is 38.5 Å². The number of nitrogens with one attached hydrogen (secondary N) is 2. The van der Waals surface area contributed by atoms with E-state index in [0.717, 1.165) is 89.8 Å². The zero-order valence-electron chi connectivity index (χ0n) is 62.0. The number of ether oxygens (including phenoxy) is 4. The third-order valence-electron chi connectivity index (χ3n) is 18.2. The number of aldehydes is 1. The molecule has 0 aliphatic carbocycles. The maximum atomic E-state index is 12.6. The number of amides is 2. The van der Waals surface area contributed by atoms with Gasteiger partial charge in [-0.25, -0.2) is 0 Å². The Morgan fingerprint density at radius 1 is 0.315 bits per heavy atom. The lowest BCUT2D eigenvalue weighted by Gasteiger charge is -2.21. The summed E-state index contributed by atoms with van der Waals surface area (Å²) >= 11 is 0. The van der Waals surface area contributed by atoms with Gasteiger partial charge in [-0.1, -0.05) is 324 Å². The summed E-state index contributed by atoms with van der Waals surface area (Å²) in [6.45, 7) is 15.1. The molecule has 3 N–H and O–H groups in total. The van der Waals surface area contributed by atoms with Gasteiger partial charge >= 0.3 is 11.9 Å². The first-order chi connectivity index (χ1) is 45.1. The molecule has 0 bridgehead atoms. The highest BCUT2D eigenvalue weighted by Gasteiger charge is 2.19. The average molecular weight is 1310 g/mol. The number of aliphatic hydroxyl groups is 1. The van der Waals surface area contributed by atoms with Crippen molar-refractivity contribution in [2.45, 2.75) is 451 Å². The standard InChI is InChI=1S/C40H79NO5.C40H77NO5/c2*1-4-7-10-13-15-17-18-20-21-24-27-30-39(43)41-37(32-34-42)36-45-35-33-38(29-26-23-12-9-6-3)46-40(44)31-28-25-22-19-16-14-11-8-5-2/h37-38,42H,4-36H2,1-3H3,(H,41,43);34,37-38H,4-33,35-36H2,1-3H3,(H,41,43)/t2*37-,38+/m00/s1. The highest BCUT2D eigenvalue weighted by Crippen LogP contribution is 2.20. The second-order valence-electron chi connectivity index (χ2n) is 27.5. The Kier molecular flexibility index (Phi) is 77.0. The topological polar surface area (TPSA) is 167 Å². The SMILES string of the molecule is CCCCCCCCCCCCCC(=O)N[C@@H](CC=O)COCC[C@@H](CCCCCCC)OC(=O)CCCCCCCCCCC.CCCCCCCCCCCCCC(=O)N[C@@H](CCO)COCC[C@@H](CCCCCCC)OC(=O)CCCCCCCCCCC. The van der Waals surface area contributed by atoms with Crippen LogP contribution >= 0.6 is 0 Å². The van der Waals surface area contributed by atoms with Crippen molar-refractivity contribution in [2.24, 2.45) is 0 Å². The van der Waals surface area contributed by atoms with Crippen LogP contribution in [0, 0.1) is 0 Å². The van der Waals surface area contributed by atoms with Gasteiger partial charge in [0.2, 0.25) is 11.8 Å². The molecule has 0 spiro atoms. The zero-order chi connectivity index (χ0) is 67.5. The predicted molar refractivity (Wildman–Crippen MR) is 389 cm³/mol. The van der Waals surface area contributed by atoms with Gasteiger partial charge < -0.3 is 39.5 Å². The molecule has 0 unspecified atom stereocenters. The molecule has 0 saturated heterocycles. The van der Waals surface area contributed by atoms with E-state index in [9.17, 15) is 29.1 Å². The van der Waals surface area contributed by atoms with Crippen LogP contribution in [0.5, 0.6) is 0 Å². The van der Waals surface area contributed by atoms with E-state index in [0.29, 0.717) is 71.4 Å². The van der Waals surface area contributed by atoms with E-state index in [4.69, 9.17) is 18.9 Å². The van der Waals surface area contributed by atoms with Crippen LogP contribution in [0.3, 0.4) is 0 Å². The fraction of sp³-hybridized carbons (Fsp3) is 0.938. The lowest BCUT2D eigenvalue weighted by Crippen LogP contribution is -2.39. The maximum Gasteiger partial charge on any atom is 0.306 e. The molecule has 0 saturated carbocycles. The first-order valence-corrected chi connectivity index (χ1v) is 40.3. The summed E-state index contributed by atoms with van der Waals surface area (Å²) in [4.78, 5) is 61.5. The van der Waals surface area contributed by atoms with Crippen molar-refractivity contribution in [3.63, 3.8) is 0 Å². The van der Waals surface area contributed by atoms with Crippen LogP contribution in [0.4, 0.5) is 0 Å². The van der Waals surface area contributed by atoms with Gasteiger partial charge in [-0.05, 0) is 57.8 Å². The van der Waals surface area contributed by atoms with E-state index in [2.05, 4.69) is 52.2 Å². The number of hydrogen-bond acceptors (Lipinski definition) is 10. The number of carbonyl (C=O) groups excluding carboxylic acids is 5. The summed E-state index contributed by atoms with van der Waals surface area (Å²) in [5.41, 5.74) is 0. The normalized spacial score (nSPS) is 12.6. The van der Waals surface area contributed by atoms with Gasteiger partial charge in [0.1, 0.15) is 18.5 Å². The molecule has 0 aromatic rings. The monoisotopic (exact) mass is 1310 g/mol. The van der Waals surface area contributed by atoms with Crippen LogP contribution in [0.15, 0.2) is 0 Å². The maximum absolute atomic E-state index is 12.6. The van der Waals surface area contributed by atoms with Crippen molar-refractivity contribution in [3.05, 3.63) is 0 Å². The zero-order valence-corrected chi connectivity index (χ0v) is 62.0. The molecule has 0 fully saturated rings. The molecule has 4 atom stereocenters. The van der Waals surface area contributed by atoms with Crippen LogP contribution in [0.1, 0.15) is 427 Å². The molecule has 546 valence electrons. The fourth-order valence-corrected chi connectivity index (χ4v) is 12.1. The minimum atomic E-state index is -0.306. The molecular weight excluding hydrogens is 1150 g/mol. The molecule has 0 heterocycles. The Morgan fingerprint density at radius 2 is 0.565 bits per heavy atom. The van der Waals surface area contributed by atoms with Gasteiger partial charge in [-0.3, -0.25) is 19.2 Å². The summed E-state index contributed by atoms with van der Waals surface area (Å²) in [5.74, 6) is -0.112. The highest BCUT2D eigenvalue weighted by atomic mass is 16.6. The Morgan fingerprint density at radius 3 is 0.848 bits per heavy atom. The quantitative estimate of drug-likeness (QED) is 0.0303. The van der Waals surface area contributed by atoms with E-state index in [-0.39, 0.29) is 61.1 Å². The van der Waals surface area contributed by atoms with E-state index < -0.39 is 0 Å². The van der Waals surface area contributed by atoms with E-state index >= 15 is 0 Å². The van der Waals surface area contributed by atoms with Crippen molar-refractivity contribution in [1.82, 2.24) is 10.6 Å². The van der Waals surface area contributed by atoms with Crippen LogP contribution in [-0.4, -0.2) is 92.5 Å². The molecule has 0 aliphatic rings. The lowest BCUT2D eigenvalue weighted by atomic mass is 10.1. The third kappa shape index (κ3) is 71.7. The summed E-state index contributed by atoms with van der Waals surface area (Å²) in [5, 5.41) is 15.6. The van der Waals surface area contributed by atoms with Crippen LogP contribution in [0.2, 0.25) is 0 Å². The largest absolute Gasteiger partial charge is 0.462 e. The van der Waals surface area contributed by atoms with Gasteiger partial charge in [-0.2, -0.15) is 0 Å². The summed E-state index contributed by atoms with van der Waals surface area (Å²) < 4.78 is 23.7. The van der Waals surface area contributed by atoms with Crippen LogP contribution in [0.25, 0.3) is 0 Å². The Labute approximate surface area is 570 Å². The van der Waals surface area contributed by atoms with Gasteiger partial charge in [0.15, 0.2) is 0 Å². The second-order valence-corrected chi connectivity index (χ2v) is 27.5.